The minimum atomic E-state index is -1.64. The number of carbonyl (C=O) groups excluding carboxylic acids is 8. The standard InChI is InChI=1S/C41H74N12O11S4/c1-21(2)30(37(60)49-27(40(63)64)14-19-68-7)51-32(55)22(3)46-38(61)31(23(4)54)52-35(58)26(13-18-67-6)47-34(57)25(10-8-15-45-41(43)44)48-36(59)29-11-9-16-53(29)39(62)28(20-65)50-33(56)24(42)12-17-66-5/h21-31,54,65H,8-20,42H2,1-7H3,(H,46,61)(H,47,57)(H,48,59)(H,49,60)(H,50,56)(H,51,55)(H,52,58)(H,63,64)(H4,43,44,45)/t22-,23+,24-,25-,26-,27-,28-,29-,30-,31-/m0/s1. The third kappa shape index (κ3) is 21.6. The highest BCUT2D eigenvalue weighted by Gasteiger charge is 2.40. The number of rotatable bonds is 32. The van der Waals surface area contributed by atoms with Crippen LogP contribution in [0.1, 0.15) is 72.6 Å². The van der Waals surface area contributed by atoms with E-state index in [1.165, 1.54) is 54.0 Å². The van der Waals surface area contributed by atoms with Gasteiger partial charge in [0.25, 0.3) is 0 Å². The average molecular weight is 1040 g/mol. The van der Waals surface area contributed by atoms with Crippen molar-refractivity contribution in [1.29, 1.82) is 0 Å². The second-order valence-corrected chi connectivity index (χ2v) is 19.9. The normalized spacial score (nSPS) is 17.4. The number of carboxylic acids is 1. The molecule has 1 saturated heterocycles. The molecule has 15 N–H and O–H groups in total. The molecular weight excluding hydrogens is 965 g/mol. The van der Waals surface area contributed by atoms with E-state index in [0.717, 1.165) is 0 Å². The second kappa shape index (κ2) is 32.6. The molecule has 1 aliphatic heterocycles. The Morgan fingerprint density at radius 1 is 0.676 bits per heavy atom. The summed E-state index contributed by atoms with van der Waals surface area (Å²) in [6, 6.07) is -10.8. The largest absolute Gasteiger partial charge is 0.480 e. The van der Waals surface area contributed by atoms with Crippen LogP contribution in [0.25, 0.3) is 0 Å². The summed E-state index contributed by atoms with van der Waals surface area (Å²) < 4.78 is 0. The Hall–Kier alpha value is -4.18. The second-order valence-electron chi connectivity index (χ2n) is 16.5. The Bertz CT molecular complexity index is 1730. The molecule has 0 spiro atoms. The number of guanidine groups is 1. The molecule has 0 bridgehead atoms. The van der Waals surface area contributed by atoms with Crippen LogP contribution in [0.2, 0.25) is 0 Å². The number of aliphatic imine (C=N–C) groups is 1. The van der Waals surface area contributed by atoms with Gasteiger partial charge in [0.05, 0.1) is 12.1 Å². The fourth-order valence-electron chi connectivity index (χ4n) is 6.76. The molecule has 1 heterocycles. The van der Waals surface area contributed by atoms with Crippen molar-refractivity contribution < 1.29 is 53.4 Å². The third-order valence-corrected chi connectivity index (χ3v) is 13.0. The SMILES string of the molecule is CSCC[C@H](NC(=O)[C@@H](NC(=O)[C@H](C)NC(=O)[C@@H](NC(=O)[C@H](CCSC)NC(=O)[C@H](CCCN=C(N)N)NC(=O)[C@@H]1CCCN1C(=O)[C@H](CS)NC(=O)[C@@H](N)CCSC)[C@@H](C)O)C(C)C)C(=O)O. The minimum Gasteiger partial charge on any atom is -0.480 e. The first-order chi connectivity index (χ1) is 32.0. The van der Waals surface area contributed by atoms with Crippen LogP contribution in [0.3, 0.4) is 0 Å². The fraction of sp³-hybridized carbons (Fsp3) is 0.756. The molecule has 8 amide bonds. The summed E-state index contributed by atoms with van der Waals surface area (Å²) >= 11 is 8.55. The molecule has 0 aromatic heterocycles. The van der Waals surface area contributed by atoms with Gasteiger partial charge in [-0.1, -0.05) is 13.8 Å². The van der Waals surface area contributed by atoms with Crippen molar-refractivity contribution in [1.82, 2.24) is 42.1 Å². The predicted octanol–water partition coefficient (Wildman–Crippen LogP) is -2.92. The van der Waals surface area contributed by atoms with Gasteiger partial charge in [0, 0.05) is 18.8 Å². The number of aliphatic carboxylic acids is 1. The highest BCUT2D eigenvalue weighted by molar-refractivity contribution is 7.99. The quantitative estimate of drug-likeness (QED) is 0.0139. The Balaban J connectivity index is 3.25. The number of amides is 8. The first-order valence-electron chi connectivity index (χ1n) is 22.3. The molecule has 0 saturated carbocycles. The van der Waals surface area contributed by atoms with Crippen LogP contribution in [0.4, 0.5) is 0 Å². The number of nitrogens with one attached hydrogen (secondary N) is 7. The van der Waals surface area contributed by atoms with Crippen molar-refractivity contribution in [2.24, 2.45) is 28.1 Å². The number of likely N-dealkylation sites (tertiary alicyclic amines) is 1. The van der Waals surface area contributed by atoms with Crippen LogP contribution in [0.15, 0.2) is 4.99 Å². The molecule has 27 heteroatoms. The Morgan fingerprint density at radius 2 is 1.19 bits per heavy atom. The smallest absolute Gasteiger partial charge is 0.326 e. The number of aliphatic hydroxyl groups is 1. The number of aliphatic hydroxyl groups excluding tert-OH is 1. The van der Waals surface area contributed by atoms with Crippen LogP contribution in [-0.2, 0) is 43.2 Å². The molecule has 68 heavy (non-hydrogen) atoms. The molecule has 23 nitrogen and oxygen atoms in total. The lowest BCUT2D eigenvalue weighted by molar-refractivity contribution is -0.142. The number of hydrogen-bond donors (Lipinski definition) is 13. The molecule has 1 fully saturated rings. The van der Waals surface area contributed by atoms with E-state index in [0.29, 0.717) is 30.1 Å². The first kappa shape index (κ1) is 61.8. The molecule has 10 atom stereocenters. The number of thiol groups is 1. The number of hydrogen-bond acceptors (Lipinski definition) is 16. The van der Waals surface area contributed by atoms with Crippen molar-refractivity contribution in [3.05, 3.63) is 0 Å². The van der Waals surface area contributed by atoms with Gasteiger partial charge in [-0.2, -0.15) is 47.9 Å². The van der Waals surface area contributed by atoms with Crippen molar-refractivity contribution in [2.45, 2.75) is 133 Å². The van der Waals surface area contributed by atoms with Gasteiger partial charge in [0.1, 0.15) is 48.3 Å². The number of nitrogens with zero attached hydrogens (tertiary/aromatic N) is 2. The average Bonchev–Trinajstić information content (AvgIpc) is 3.78. The number of nitrogens with two attached hydrogens (primary N) is 3. The fourth-order valence-corrected chi connectivity index (χ4v) is 8.44. The summed E-state index contributed by atoms with van der Waals surface area (Å²) in [5, 5.41) is 38.1. The Labute approximate surface area is 416 Å². The van der Waals surface area contributed by atoms with E-state index in [-0.39, 0.29) is 56.9 Å². The van der Waals surface area contributed by atoms with Gasteiger partial charge in [-0.05, 0) is 101 Å². The summed E-state index contributed by atoms with van der Waals surface area (Å²) in [4.78, 5) is 125. The van der Waals surface area contributed by atoms with Gasteiger partial charge in [0.15, 0.2) is 5.96 Å². The molecule has 0 aromatic rings. The maximum absolute atomic E-state index is 14.0. The lowest BCUT2D eigenvalue weighted by atomic mass is 10.0. The van der Waals surface area contributed by atoms with E-state index in [1.54, 1.807) is 26.4 Å². The molecule has 0 radical (unpaired) electrons. The van der Waals surface area contributed by atoms with E-state index in [1.807, 2.05) is 6.26 Å². The van der Waals surface area contributed by atoms with E-state index in [9.17, 15) is 53.4 Å². The zero-order chi connectivity index (χ0) is 51.7. The zero-order valence-electron chi connectivity index (χ0n) is 39.9. The van der Waals surface area contributed by atoms with Gasteiger partial charge in [0.2, 0.25) is 47.3 Å². The van der Waals surface area contributed by atoms with E-state index < -0.39 is 120 Å². The first-order valence-corrected chi connectivity index (χ1v) is 27.1. The van der Waals surface area contributed by atoms with Gasteiger partial charge in [-0.3, -0.25) is 43.3 Å². The Morgan fingerprint density at radius 3 is 1.74 bits per heavy atom. The number of carbonyl (C=O) groups is 9. The maximum atomic E-state index is 14.0. The summed E-state index contributed by atoms with van der Waals surface area (Å²) in [6.07, 6.45) is 5.41. The van der Waals surface area contributed by atoms with Crippen LogP contribution < -0.4 is 54.4 Å². The van der Waals surface area contributed by atoms with Crippen LogP contribution in [0, 0.1) is 5.92 Å². The van der Waals surface area contributed by atoms with Crippen LogP contribution in [0.5, 0.6) is 0 Å². The van der Waals surface area contributed by atoms with Gasteiger partial charge >= 0.3 is 5.97 Å². The number of carboxylic acid groups (broad SMARTS) is 1. The van der Waals surface area contributed by atoms with Crippen molar-refractivity contribution in [3.63, 3.8) is 0 Å². The molecule has 0 aromatic carbocycles. The molecule has 0 aliphatic carbocycles. The minimum absolute atomic E-state index is 0.00865. The monoisotopic (exact) mass is 1040 g/mol. The Kier molecular flexibility index (Phi) is 29.6. The van der Waals surface area contributed by atoms with Gasteiger partial charge in [-0.15, -0.1) is 0 Å². The van der Waals surface area contributed by atoms with Crippen LogP contribution in [-0.4, -0.2) is 190 Å². The summed E-state index contributed by atoms with van der Waals surface area (Å²) in [5.41, 5.74) is 17.0. The van der Waals surface area contributed by atoms with Crippen molar-refractivity contribution >= 4 is 107 Å². The lowest BCUT2D eigenvalue weighted by Crippen LogP contribution is -2.61. The summed E-state index contributed by atoms with van der Waals surface area (Å²) in [5.74, 6) is -6.45. The van der Waals surface area contributed by atoms with Gasteiger partial charge in [-0.25, -0.2) is 4.79 Å². The molecule has 1 rings (SSSR count). The molecule has 0 unspecified atom stereocenters. The third-order valence-electron chi connectivity index (χ3n) is 10.7. The zero-order valence-corrected chi connectivity index (χ0v) is 43.3. The highest BCUT2D eigenvalue weighted by atomic mass is 32.2. The van der Waals surface area contributed by atoms with Crippen LogP contribution >= 0.6 is 47.9 Å². The maximum Gasteiger partial charge on any atom is 0.326 e. The van der Waals surface area contributed by atoms with E-state index >= 15 is 0 Å². The molecule has 388 valence electrons. The predicted molar refractivity (Wildman–Crippen MR) is 269 cm³/mol. The highest BCUT2D eigenvalue weighted by Crippen LogP contribution is 2.20. The van der Waals surface area contributed by atoms with Gasteiger partial charge < -0.3 is 69.5 Å². The van der Waals surface area contributed by atoms with Crippen molar-refractivity contribution in [3.8, 4) is 0 Å². The summed E-state index contributed by atoms with van der Waals surface area (Å²) in [6.45, 7) is 6.11. The molecular formula is C41H74N12O11S4. The topological polar surface area (TPSA) is 372 Å². The van der Waals surface area contributed by atoms with E-state index in [2.05, 4.69) is 54.8 Å². The molecule has 1 aliphatic rings. The van der Waals surface area contributed by atoms with Crippen molar-refractivity contribution in [2.75, 3.05) is 54.9 Å². The lowest BCUT2D eigenvalue weighted by Gasteiger charge is -2.30. The summed E-state index contributed by atoms with van der Waals surface area (Å²) in [7, 11) is 0. The number of thioether (sulfide) groups is 3. The van der Waals surface area contributed by atoms with E-state index in [4.69, 9.17) is 17.2 Å².